The number of nitrogens with zero attached hydrogens (tertiary/aromatic N) is 2. The van der Waals surface area contributed by atoms with Crippen molar-refractivity contribution in [1.29, 1.82) is 0 Å². The highest BCUT2D eigenvalue weighted by Gasteiger charge is 2.30. The molecule has 0 aromatic carbocycles. The van der Waals surface area contributed by atoms with Gasteiger partial charge in [-0.05, 0) is 19.3 Å². The first-order valence-corrected chi connectivity index (χ1v) is 8.69. The van der Waals surface area contributed by atoms with Crippen LogP contribution in [-0.4, -0.2) is 43.9 Å². The summed E-state index contributed by atoms with van der Waals surface area (Å²) >= 11 is 0.706. The van der Waals surface area contributed by atoms with E-state index in [1.165, 1.54) is 7.05 Å². The first-order chi connectivity index (χ1) is 9.82. The minimum atomic E-state index is -3.79. The number of likely N-dealkylation sites (N-methyl/N-ethyl adjacent to an activating group) is 1. The molecule has 1 atom stereocenters. The molecule has 1 aliphatic heterocycles. The summed E-state index contributed by atoms with van der Waals surface area (Å²) in [5.74, 6) is 0. The quantitative estimate of drug-likeness (QED) is 0.643. The van der Waals surface area contributed by atoms with Gasteiger partial charge in [-0.25, -0.2) is 8.42 Å². The molecular weight excluding hydrogens is 318 g/mol. The van der Waals surface area contributed by atoms with Crippen LogP contribution in [0.15, 0.2) is 10.3 Å². The van der Waals surface area contributed by atoms with E-state index in [4.69, 9.17) is 10.5 Å². The van der Waals surface area contributed by atoms with Gasteiger partial charge in [0, 0.05) is 26.3 Å². The van der Waals surface area contributed by atoms with Gasteiger partial charge in [0.05, 0.1) is 11.0 Å². The second kappa shape index (κ2) is 6.26. The van der Waals surface area contributed by atoms with Gasteiger partial charge < -0.3 is 10.5 Å². The number of sulfonamides is 1. The lowest BCUT2D eigenvalue weighted by atomic mass is 10.1. The molecule has 118 valence electrons. The molecule has 1 saturated heterocycles. The molecule has 1 unspecified atom stereocenters. The molecule has 0 radical (unpaired) electrons. The topological polar surface area (TPSA) is 116 Å². The van der Waals surface area contributed by atoms with Gasteiger partial charge in [-0.1, -0.05) is 11.3 Å². The summed E-state index contributed by atoms with van der Waals surface area (Å²) in [6.07, 6.45) is 2.68. The van der Waals surface area contributed by atoms with Gasteiger partial charge in [0.1, 0.15) is 4.21 Å². The largest absolute Gasteiger partial charge is 0.385 e. The maximum atomic E-state index is 12.4. The average Bonchev–Trinajstić information content (AvgIpc) is 2.82. The van der Waals surface area contributed by atoms with E-state index in [2.05, 4.69) is 0 Å². The van der Waals surface area contributed by atoms with Crippen LogP contribution in [0, 0.1) is 10.1 Å². The fraction of sp³-hybridized carbons (Fsp3) is 0.636. The lowest BCUT2D eigenvalue weighted by Crippen LogP contribution is -2.36. The number of rotatable bonds is 5. The Kier molecular flexibility index (Phi) is 4.81. The minimum Gasteiger partial charge on any atom is -0.385 e. The standard InChI is InChI=1S/C11H17N3O5S2/c1-13(7-8-4-2-3-5-19-8)21(17,18)10-6-9(14(15)16)11(12)20-10/h6,8H,2-5,7,12H2,1H3. The van der Waals surface area contributed by atoms with Crippen molar-refractivity contribution in [3.63, 3.8) is 0 Å². The lowest BCUT2D eigenvalue weighted by Gasteiger charge is -2.26. The smallest absolute Gasteiger partial charge is 0.304 e. The minimum absolute atomic E-state index is 0.110. The third-order valence-electron chi connectivity index (χ3n) is 3.31. The second-order valence-corrected chi connectivity index (χ2v) is 8.20. The maximum Gasteiger partial charge on any atom is 0.304 e. The van der Waals surface area contributed by atoms with Crippen LogP contribution in [0.5, 0.6) is 0 Å². The van der Waals surface area contributed by atoms with Gasteiger partial charge in [-0.3, -0.25) is 10.1 Å². The molecule has 21 heavy (non-hydrogen) atoms. The Morgan fingerprint density at radius 2 is 2.29 bits per heavy atom. The fourth-order valence-electron chi connectivity index (χ4n) is 2.13. The summed E-state index contributed by atoms with van der Waals surface area (Å²) < 4.78 is 31.3. The van der Waals surface area contributed by atoms with Crippen molar-refractivity contribution in [3.05, 3.63) is 16.2 Å². The molecule has 0 bridgehead atoms. The zero-order valence-electron chi connectivity index (χ0n) is 11.5. The molecular formula is C11H17N3O5S2. The van der Waals surface area contributed by atoms with E-state index < -0.39 is 14.9 Å². The Bertz CT molecular complexity index is 622. The molecule has 1 aromatic rings. The van der Waals surface area contributed by atoms with Gasteiger partial charge >= 0.3 is 5.69 Å². The number of thiophene rings is 1. The van der Waals surface area contributed by atoms with Gasteiger partial charge in [-0.2, -0.15) is 4.31 Å². The van der Waals surface area contributed by atoms with E-state index in [0.29, 0.717) is 17.9 Å². The molecule has 0 spiro atoms. The highest BCUT2D eigenvalue weighted by molar-refractivity contribution is 7.91. The number of anilines is 1. The van der Waals surface area contributed by atoms with Crippen molar-refractivity contribution >= 4 is 32.0 Å². The summed E-state index contributed by atoms with van der Waals surface area (Å²) in [5.41, 5.74) is 5.12. The van der Waals surface area contributed by atoms with Crippen LogP contribution in [0.2, 0.25) is 0 Å². The second-order valence-electron chi connectivity index (χ2n) is 4.85. The maximum absolute atomic E-state index is 12.4. The number of ether oxygens (including phenoxy) is 1. The van der Waals surface area contributed by atoms with Crippen molar-refractivity contribution in [2.75, 3.05) is 25.9 Å². The van der Waals surface area contributed by atoms with Crippen molar-refractivity contribution in [1.82, 2.24) is 4.31 Å². The fourth-order valence-corrected chi connectivity index (χ4v) is 4.76. The van der Waals surface area contributed by atoms with E-state index >= 15 is 0 Å². The van der Waals surface area contributed by atoms with Crippen molar-refractivity contribution in [3.8, 4) is 0 Å². The molecule has 2 heterocycles. The molecule has 0 saturated carbocycles. The number of nitro groups is 1. The van der Waals surface area contributed by atoms with Gasteiger partial charge in [0.25, 0.3) is 10.0 Å². The molecule has 1 fully saturated rings. The summed E-state index contributed by atoms with van der Waals surface area (Å²) in [6.45, 7) is 0.865. The molecule has 1 aromatic heterocycles. The van der Waals surface area contributed by atoms with Crippen LogP contribution < -0.4 is 5.73 Å². The Morgan fingerprint density at radius 3 is 2.81 bits per heavy atom. The zero-order chi connectivity index (χ0) is 15.6. The van der Waals surface area contributed by atoms with Crippen molar-refractivity contribution in [2.45, 2.75) is 29.6 Å². The third-order valence-corrected chi connectivity index (χ3v) is 6.54. The van der Waals surface area contributed by atoms with E-state index in [9.17, 15) is 18.5 Å². The van der Waals surface area contributed by atoms with E-state index in [1.807, 2.05) is 0 Å². The van der Waals surface area contributed by atoms with E-state index in [-0.39, 0.29) is 27.5 Å². The Hall–Kier alpha value is -1.23. The highest BCUT2D eigenvalue weighted by atomic mass is 32.2. The van der Waals surface area contributed by atoms with E-state index in [0.717, 1.165) is 29.6 Å². The van der Waals surface area contributed by atoms with E-state index in [1.54, 1.807) is 0 Å². The SMILES string of the molecule is CN(CC1CCCCO1)S(=O)(=O)c1cc([N+](=O)[O-])c(N)s1. The lowest BCUT2D eigenvalue weighted by molar-refractivity contribution is -0.383. The summed E-state index contributed by atoms with van der Waals surface area (Å²) in [7, 11) is -2.35. The first kappa shape index (κ1) is 16.1. The van der Waals surface area contributed by atoms with Crippen LogP contribution in [0.3, 0.4) is 0 Å². The van der Waals surface area contributed by atoms with Crippen molar-refractivity contribution in [2.24, 2.45) is 0 Å². The normalized spacial score (nSPS) is 19.8. The predicted molar refractivity (Wildman–Crippen MR) is 78.8 cm³/mol. The summed E-state index contributed by atoms with van der Waals surface area (Å²) in [6, 6.07) is 1.01. The van der Waals surface area contributed by atoms with Crippen LogP contribution in [0.1, 0.15) is 19.3 Å². The monoisotopic (exact) mass is 335 g/mol. The van der Waals surface area contributed by atoms with Crippen LogP contribution in [0.25, 0.3) is 0 Å². The summed E-state index contributed by atoms with van der Waals surface area (Å²) in [5, 5.41) is 10.6. The van der Waals surface area contributed by atoms with Crippen LogP contribution in [-0.2, 0) is 14.8 Å². The molecule has 2 N–H and O–H groups in total. The van der Waals surface area contributed by atoms with Crippen molar-refractivity contribution < 1.29 is 18.1 Å². The van der Waals surface area contributed by atoms with Gasteiger partial charge in [0.2, 0.25) is 0 Å². The third kappa shape index (κ3) is 3.51. The first-order valence-electron chi connectivity index (χ1n) is 6.44. The molecule has 8 nitrogen and oxygen atoms in total. The number of hydrogen-bond donors (Lipinski definition) is 1. The molecule has 10 heteroatoms. The molecule has 1 aliphatic rings. The zero-order valence-corrected chi connectivity index (χ0v) is 13.2. The Labute approximate surface area is 126 Å². The molecule has 2 rings (SSSR count). The Balaban J connectivity index is 2.16. The van der Waals surface area contributed by atoms with Crippen LogP contribution in [0.4, 0.5) is 10.7 Å². The average molecular weight is 335 g/mol. The highest BCUT2D eigenvalue weighted by Crippen LogP contribution is 2.35. The predicted octanol–water partition coefficient (Wildman–Crippen LogP) is 1.43. The number of nitrogen functional groups attached to an aromatic ring is 1. The Morgan fingerprint density at radius 1 is 1.57 bits per heavy atom. The summed E-state index contributed by atoms with van der Waals surface area (Å²) in [4.78, 5) is 10.1. The van der Waals surface area contributed by atoms with Gasteiger partial charge in [0.15, 0.2) is 5.00 Å². The van der Waals surface area contributed by atoms with Crippen LogP contribution >= 0.6 is 11.3 Å². The number of nitrogens with two attached hydrogens (primary N) is 1. The number of hydrogen-bond acceptors (Lipinski definition) is 7. The molecule has 0 amide bonds. The molecule has 0 aliphatic carbocycles. The van der Waals surface area contributed by atoms with Gasteiger partial charge in [-0.15, -0.1) is 0 Å².